The lowest BCUT2D eigenvalue weighted by Crippen LogP contribution is -2.43. The molecule has 3 aromatic rings. The van der Waals surface area contributed by atoms with Crippen molar-refractivity contribution in [1.82, 2.24) is 15.5 Å². The Morgan fingerprint density at radius 3 is 2.77 bits per heavy atom. The number of benzene rings is 2. The number of H-pyrrole nitrogens is 1. The molecule has 1 atom stereocenters. The van der Waals surface area contributed by atoms with E-state index in [0.29, 0.717) is 6.61 Å². The Morgan fingerprint density at radius 2 is 2.00 bits per heavy atom. The van der Waals surface area contributed by atoms with Crippen LogP contribution < -0.4 is 5.32 Å². The number of nitrogens with one attached hydrogen (secondary N) is 2. The molecule has 3 rings (SSSR count). The third-order valence-corrected chi connectivity index (χ3v) is 4.03. The summed E-state index contributed by atoms with van der Waals surface area (Å²) >= 11 is 0. The molecule has 1 aromatic heterocycles. The molecule has 0 saturated carbocycles. The van der Waals surface area contributed by atoms with E-state index in [1.165, 1.54) is 11.1 Å². The molecule has 0 saturated heterocycles. The summed E-state index contributed by atoms with van der Waals surface area (Å²) in [5, 5.41) is 11.8. The third kappa shape index (κ3) is 3.03. The van der Waals surface area contributed by atoms with E-state index in [4.69, 9.17) is 4.74 Å². The number of aromatic nitrogens is 2. The van der Waals surface area contributed by atoms with E-state index < -0.39 is 0 Å². The monoisotopic (exact) mass is 295 g/mol. The van der Waals surface area contributed by atoms with Crippen molar-refractivity contribution >= 4 is 10.9 Å². The lowest BCUT2D eigenvalue weighted by Gasteiger charge is -2.31. The molecule has 2 N–H and O–H groups in total. The number of ether oxygens (including phenoxy) is 1. The molecule has 2 aromatic carbocycles. The molecule has 0 fully saturated rings. The van der Waals surface area contributed by atoms with Gasteiger partial charge in [0.05, 0.1) is 23.9 Å². The van der Waals surface area contributed by atoms with E-state index in [1.54, 1.807) is 7.11 Å². The SMILES string of the molecule is COCC(C)(NCc1ccc2cn[nH]c2c1)c1ccccc1. The molecule has 4 nitrogen and oxygen atoms in total. The fourth-order valence-electron chi connectivity index (χ4n) is 2.72. The van der Waals surface area contributed by atoms with Crippen LogP contribution in [0.25, 0.3) is 10.9 Å². The maximum Gasteiger partial charge on any atom is 0.0683 e. The van der Waals surface area contributed by atoms with Crippen molar-refractivity contribution in [3.05, 3.63) is 65.9 Å². The highest BCUT2D eigenvalue weighted by molar-refractivity contribution is 5.78. The van der Waals surface area contributed by atoms with E-state index in [9.17, 15) is 0 Å². The Hall–Kier alpha value is -2.17. The van der Waals surface area contributed by atoms with Crippen LogP contribution in [0.4, 0.5) is 0 Å². The van der Waals surface area contributed by atoms with Crippen molar-refractivity contribution < 1.29 is 4.74 Å². The lowest BCUT2D eigenvalue weighted by atomic mass is 9.92. The molecule has 114 valence electrons. The van der Waals surface area contributed by atoms with Gasteiger partial charge in [-0.1, -0.05) is 42.5 Å². The Labute approximate surface area is 130 Å². The zero-order chi connectivity index (χ0) is 15.4. The molecule has 0 amide bonds. The number of hydrogen-bond donors (Lipinski definition) is 2. The fourth-order valence-corrected chi connectivity index (χ4v) is 2.72. The highest BCUT2D eigenvalue weighted by Crippen LogP contribution is 2.22. The molecule has 1 heterocycles. The van der Waals surface area contributed by atoms with Crippen LogP contribution in [0.2, 0.25) is 0 Å². The van der Waals surface area contributed by atoms with Gasteiger partial charge in [0.2, 0.25) is 0 Å². The Morgan fingerprint density at radius 1 is 1.18 bits per heavy atom. The first kappa shape index (κ1) is 14.8. The summed E-state index contributed by atoms with van der Waals surface area (Å²) in [4.78, 5) is 0. The Kier molecular flexibility index (Phi) is 4.22. The standard InChI is InChI=1S/C18H21N3O/c1-18(13-22-2,16-6-4-3-5-7-16)19-11-14-8-9-15-12-20-21-17(15)10-14/h3-10,12,19H,11,13H2,1-2H3,(H,20,21). The van der Waals surface area contributed by atoms with Crippen LogP contribution in [-0.2, 0) is 16.8 Å². The zero-order valence-corrected chi connectivity index (χ0v) is 13.0. The molecule has 0 bridgehead atoms. The number of nitrogens with zero attached hydrogens (tertiary/aromatic N) is 1. The minimum absolute atomic E-state index is 0.223. The zero-order valence-electron chi connectivity index (χ0n) is 13.0. The minimum atomic E-state index is -0.223. The lowest BCUT2D eigenvalue weighted by molar-refractivity contribution is 0.117. The van der Waals surface area contributed by atoms with Crippen LogP contribution in [0.15, 0.2) is 54.7 Å². The molecule has 0 aliphatic rings. The van der Waals surface area contributed by atoms with Crippen molar-refractivity contribution in [3.8, 4) is 0 Å². The molecule has 1 unspecified atom stereocenters. The van der Waals surface area contributed by atoms with Crippen LogP contribution in [-0.4, -0.2) is 23.9 Å². The fraction of sp³-hybridized carbons (Fsp3) is 0.278. The summed E-state index contributed by atoms with van der Waals surface area (Å²) in [5.74, 6) is 0. The van der Waals surface area contributed by atoms with Crippen molar-refractivity contribution in [1.29, 1.82) is 0 Å². The van der Waals surface area contributed by atoms with Crippen LogP contribution in [0.5, 0.6) is 0 Å². The van der Waals surface area contributed by atoms with Gasteiger partial charge in [-0.25, -0.2) is 0 Å². The minimum Gasteiger partial charge on any atom is -0.382 e. The number of rotatable bonds is 6. The summed E-state index contributed by atoms with van der Waals surface area (Å²) in [6.45, 7) is 3.55. The maximum absolute atomic E-state index is 5.43. The molecular formula is C18H21N3O. The first-order valence-corrected chi connectivity index (χ1v) is 7.43. The predicted molar refractivity (Wildman–Crippen MR) is 88.6 cm³/mol. The first-order valence-electron chi connectivity index (χ1n) is 7.43. The number of aromatic amines is 1. The van der Waals surface area contributed by atoms with Gasteiger partial charge in [0.1, 0.15) is 0 Å². The van der Waals surface area contributed by atoms with Gasteiger partial charge in [-0.15, -0.1) is 0 Å². The topological polar surface area (TPSA) is 49.9 Å². The Bertz CT molecular complexity index is 738. The van der Waals surface area contributed by atoms with E-state index >= 15 is 0 Å². The van der Waals surface area contributed by atoms with Gasteiger partial charge in [-0.2, -0.15) is 5.10 Å². The van der Waals surface area contributed by atoms with Gasteiger partial charge in [0, 0.05) is 19.0 Å². The maximum atomic E-state index is 5.43. The van der Waals surface area contributed by atoms with Crippen molar-refractivity contribution in [2.24, 2.45) is 0 Å². The van der Waals surface area contributed by atoms with Crippen LogP contribution in [0.1, 0.15) is 18.1 Å². The molecule has 0 radical (unpaired) electrons. The quantitative estimate of drug-likeness (QED) is 0.734. The van der Waals surface area contributed by atoms with Crippen LogP contribution in [0, 0.1) is 0 Å². The average Bonchev–Trinajstić information content (AvgIpc) is 3.02. The van der Waals surface area contributed by atoms with Crippen molar-refractivity contribution in [3.63, 3.8) is 0 Å². The van der Waals surface area contributed by atoms with E-state index in [0.717, 1.165) is 17.4 Å². The molecule has 4 heteroatoms. The van der Waals surface area contributed by atoms with Gasteiger partial charge >= 0.3 is 0 Å². The number of fused-ring (bicyclic) bond motifs is 1. The summed E-state index contributed by atoms with van der Waals surface area (Å²) in [5.41, 5.74) is 3.28. The largest absolute Gasteiger partial charge is 0.382 e. The van der Waals surface area contributed by atoms with Gasteiger partial charge in [-0.05, 0) is 24.1 Å². The Balaban J connectivity index is 1.79. The van der Waals surface area contributed by atoms with Crippen LogP contribution in [0.3, 0.4) is 0 Å². The molecule has 0 aliphatic carbocycles. The number of hydrogen-bond acceptors (Lipinski definition) is 3. The summed E-state index contributed by atoms with van der Waals surface area (Å²) in [6, 6.07) is 16.8. The first-order chi connectivity index (χ1) is 10.7. The third-order valence-electron chi connectivity index (χ3n) is 4.03. The van der Waals surface area contributed by atoms with E-state index in [-0.39, 0.29) is 5.54 Å². The van der Waals surface area contributed by atoms with E-state index in [2.05, 4.69) is 64.9 Å². The van der Waals surface area contributed by atoms with Crippen molar-refractivity contribution in [2.45, 2.75) is 19.0 Å². The van der Waals surface area contributed by atoms with Crippen LogP contribution >= 0.6 is 0 Å². The van der Waals surface area contributed by atoms with Gasteiger partial charge in [-0.3, -0.25) is 5.10 Å². The predicted octanol–water partition coefficient (Wildman–Crippen LogP) is 3.21. The second-order valence-electron chi connectivity index (χ2n) is 5.78. The molecule has 22 heavy (non-hydrogen) atoms. The normalized spacial score (nSPS) is 14.1. The van der Waals surface area contributed by atoms with Gasteiger partial charge in [0.15, 0.2) is 0 Å². The highest BCUT2D eigenvalue weighted by Gasteiger charge is 2.25. The summed E-state index contributed by atoms with van der Waals surface area (Å²) in [6.07, 6.45) is 1.84. The second kappa shape index (κ2) is 6.30. The van der Waals surface area contributed by atoms with Gasteiger partial charge in [0.25, 0.3) is 0 Å². The molecule has 0 aliphatic heterocycles. The molecule has 0 spiro atoms. The number of methoxy groups -OCH3 is 1. The summed E-state index contributed by atoms with van der Waals surface area (Å²) in [7, 11) is 1.74. The average molecular weight is 295 g/mol. The van der Waals surface area contributed by atoms with Gasteiger partial charge < -0.3 is 10.1 Å². The van der Waals surface area contributed by atoms with E-state index in [1.807, 2.05) is 12.3 Å². The van der Waals surface area contributed by atoms with Crippen molar-refractivity contribution in [2.75, 3.05) is 13.7 Å². The molecular weight excluding hydrogens is 274 g/mol. The highest BCUT2D eigenvalue weighted by atomic mass is 16.5. The second-order valence-corrected chi connectivity index (χ2v) is 5.78. The summed E-state index contributed by atoms with van der Waals surface area (Å²) < 4.78 is 5.43. The smallest absolute Gasteiger partial charge is 0.0683 e.